The predicted octanol–water partition coefficient (Wildman–Crippen LogP) is 5.48. The van der Waals surface area contributed by atoms with Gasteiger partial charge in [-0.05, 0) is 44.4 Å². The van der Waals surface area contributed by atoms with E-state index in [0.29, 0.717) is 198 Å². The number of hydrogen-bond donors (Lipinski definition) is 0. The first-order chi connectivity index (χ1) is 42.7. The summed E-state index contributed by atoms with van der Waals surface area (Å²) in [6, 6.07) is 17.2. The molecule has 0 saturated heterocycles. The molecule has 492 valence electrons. The van der Waals surface area contributed by atoms with Gasteiger partial charge < -0.3 is 90.3 Å². The number of aldehydes is 1. The highest BCUT2D eigenvalue weighted by Crippen LogP contribution is 2.50. The number of hydrogen-bond acceptors (Lipinski definition) is 21. The molecule has 0 aromatic heterocycles. The van der Waals surface area contributed by atoms with Crippen LogP contribution in [0.5, 0.6) is 0 Å². The quantitative estimate of drug-likeness (QED) is 0.0347. The first kappa shape index (κ1) is 74.8. The van der Waals surface area contributed by atoms with E-state index in [4.69, 9.17) is 80.6 Å². The van der Waals surface area contributed by atoms with Crippen LogP contribution in [0.25, 0.3) is 0 Å². The van der Waals surface area contributed by atoms with Gasteiger partial charge in [-0.2, -0.15) is 9.64 Å². The summed E-state index contributed by atoms with van der Waals surface area (Å²) < 4.78 is 93.4. The van der Waals surface area contributed by atoms with Gasteiger partial charge >= 0.3 is 5.97 Å². The SMILES string of the molecule is COCCOCCOCCOCC[N+]1=C(/C=C/C=C2/N(CCOCCOCCOCCOCCC(=O)ON(C)C(=O)CCC=O)c3ccccc3C2(C)CCOCCOCCOCCOC)C(C)(CCOCCOCCOCCOC)c2ccccc21. The monoisotopic (exact) mass is 1230 g/mol. The lowest BCUT2D eigenvalue weighted by atomic mass is 9.76. The highest BCUT2D eigenvalue weighted by molar-refractivity contribution is 6.03. The molecule has 2 atom stereocenters. The molecule has 0 radical (unpaired) electrons. The van der Waals surface area contributed by atoms with Gasteiger partial charge in [0.15, 0.2) is 12.3 Å². The van der Waals surface area contributed by atoms with Crippen LogP contribution in [0.2, 0.25) is 0 Å². The maximum absolute atomic E-state index is 12.0. The van der Waals surface area contributed by atoms with Gasteiger partial charge in [-0.3, -0.25) is 4.79 Å². The molecule has 0 fully saturated rings. The Balaban J connectivity index is 1.44. The zero-order valence-corrected chi connectivity index (χ0v) is 52.9. The number of benzene rings is 2. The van der Waals surface area contributed by atoms with E-state index < -0.39 is 22.7 Å². The summed E-state index contributed by atoms with van der Waals surface area (Å²) in [6.07, 6.45) is 8.80. The lowest BCUT2D eigenvalue weighted by Crippen LogP contribution is -2.34. The van der Waals surface area contributed by atoms with Gasteiger partial charge in [0, 0.05) is 95.5 Å². The number of anilines is 1. The van der Waals surface area contributed by atoms with Crippen molar-refractivity contribution in [3.63, 3.8) is 0 Å². The molecule has 87 heavy (non-hydrogen) atoms. The van der Waals surface area contributed by atoms with E-state index in [1.54, 1.807) is 21.3 Å². The second kappa shape index (κ2) is 47.3. The second-order valence-electron chi connectivity index (χ2n) is 20.5. The molecular formula is C64H102N3O20+. The minimum Gasteiger partial charge on any atom is -0.382 e. The fraction of sp³-hybridized carbons (Fsp3) is 0.688. The molecule has 2 aromatic rings. The third kappa shape index (κ3) is 28.8. The van der Waals surface area contributed by atoms with Crippen molar-refractivity contribution in [1.82, 2.24) is 5.06 Å². The number of allylic oxidation sites excluding steroid dienone is 4. The molecule has 0 spiro atoms. The molecule has 4 rings (SSSR count). The van der Waals surface area contributed by atoms with Crippen LogP contribution in [-0.4, -0.2) is 267 Å². The number of amides is 1. The van der Waals surface area contributed by atoms with E-state index >= 15 is 0 Å². The number of rotatable bonds is 56. The van der Waals surface area contributed by atoms with Gasteiger partial charge in [0.1, 0.15) is 12.9 Å². The third-order valence-corrected chi connectivity index (χ3v) is 14.4. The Labute approximate surface area is 516 Å². The Morgan fingerprint density at radius 3 is 1.40 bits per heavy atom. The first-order valence-electron chi connectivity index (χ1n) is 30.5. The Kier molecular flexibility index (Phi) is 40.7. The predicted molar refractivity (Wildman–Crippen MR) is 326 cm³/mol. The Bertz CT molecular complexity index is 2250. The van der Waals surface area contributed by atoms with Crippen molar-refractivity contribution >= 4 is 35.2 Å². The molecule has 2 heterocycles. The van der Waals surface area contributed by atoms with Gasteiger partial charge in [-0.25, -0.2) is 4.79 Å². The lowest BCUT2D eigenvalue weighted by Gasteiger charge is -2.30. The summed E-state index contributed by atoms with van der Waals surface area (Å²) >= 11 is 0. The Morgan fingerprint density at radius 1 is 0.494 bits per heavy atom. The van der Waals surface area contributed by atoms with E-state index in [9.17, 15) is 14.4 Å². The normalized spacial score (nSPS) is 16.9. The summed E-state index contributed by atoms with van der Waals surface area (Å²) in [7, 11) is 6.29. The van der Waals surface area contributed by atoms with E-state index in [0.717, 1.165) is 40.7 Å². The van der Waals surface area contributed by atoms with E-state index in [-0.39, 0.29) is 32.5 Å². The van der Waals surface area contributed by atoms with Crippen molar-refractivity contribution in [1.29, 1.82) is 0 Å². The van der Waals surface area contributed by atoms with Crippen LogP contribution >= 0.6 is 0 Å². The topological polar surface area (TPSA) is 218 Å². The number of ether oxygens (including phenoxy) is 16. The van der Waals surface area contributed by atoms with Crippen LogP contribution in [0, 0.1) is 0 Å². The van der Waals surface area contributed by atoms with Crippen LogP contribution in [-0.2, 0) is 106 Å². The minimum absolute atomic E-state index is 0.0272. The molecule has 1 amide bonds. The number of methoxy groups -OCH3 is 3. The largest absolute Gasteiger partial charge is 0.382 e. The molecule has 2 aromatic carbocycles. The van der Waals surface area contributed by atoms with E-state index in [1.807, 2.05) is 0 Å². The number of hydroxylamine groups is 2. The molecule has 0 N–H and O–H groups in total. The number of carbonyl (C=O) groups is 3. The smallest absolute Gasteiger partial charge is 0.334 e. The molecule has 23 nitrogen and oxygen atoms in total. The third-order valence-electron chi connectivity index (χ3n) is 14.4. The van der Waals surface area contributed by atoms with Crippen LogP contribution < -0.4 is 4.90 Å². The van der Waals surface area contributed by atoms with E-state index in [2.05, 4.69) is 90.1 Å². The van der Waals surface area contributed by atoms with Crippen LogP contribution in [0.3, 0.4) is 0 Å². The zero-order valence-electron chi connectivity index (χ0n) is 52.9. The fourth-order valence-electron chi connectivity index (χ4n) is 9.69. The molecular weight excluding hydrogens is 1130 g/mol. The summed E-state index contributed by atoms with van der Waals surface area (Å²) in [5, 5.41) is 0.838. The average Bonchev–Trinajstić information content (AvgIpc) is 1.69. The summed E-state index contributed by atoms with van der Waals surface area (Å²) in [5.74, 6) is -1.07. The van der Waals surface area contributed by atoms with Crippen molar-refractivity contribution in [2.75, 3.05) is 238 Å². The number of fused-ring (bicyclic) bond motifs is 2. The van der Waals surface area contributed by atoms with Gasteiger partial charge in [0.05, 0.1) is 184 Å². The molecule has 23 heteroatoms. The summed E-state index contributed by atoms with van der Waals surface area (Å²) in [4.78, 5) is 41.7. The summed E-state index contributed by atoms with van der Waals surface area (Å²) in [5.41, 5.74) is 6.15. The first-order valence-corrected chi connectivity index (χ1v) is 30.5. The number of carbonyl (C=O) groups excluding carboxylic acids is 3. The van der Waals surface area contributed by atoms with Crippen LogP contribution in [0.15, 0.2) is 72.5 Å². The van der Waals surface area contributed by atoms with Crippen molar-refractivity contribution in [3.05, 3.63) is 83.6 Å². The molecule has 0 saturated carbocycles. The Morgan fingerprint density at radius 2 is 0.908 bits per heavy atom. The van der Waals surface area contributed by atoms with Gasteiger partial charge in [0.25, 0.3) is 5.91 Å². The standard InChI is InChI=1S/C64H102N3O20/c1-63(21-27-75-38-43-83-50-47-79-34-31-71-4)55-13-7-9-15-57(55)66(23-29-77-40-45-85-52-49-81-36-33-73-6)59(63)17-11-18-60-64(2,22-28-76-39-44-84-51-48-80-35-32-72-5)56-14-8-10-16-58(56)67(60)24-30-78-41-46-86-54-53-82-42-37-74-26-20-62(70)87-65(3)61(69)19-12-25-68/h7-11,13-18,25H,12,19-24,26-54H2,1-6H3/q+1. The lowest BCUT2D eigenvalue weighted by molar-refractivity contribution is -0.442. The van der Waals surface area contributed by atoms with Crippen molar-refractivity contribution in [2.24, 2.45) is 0 Å². The second-order valence-corrected chi connectivity index (χ2v) is 20.5. The number of nitrogens with zero attached hydrogens (tertiary/aromatic N) is 3. The molecule has 0 bridgehead atoms. The van der Waals surface area contributed by atoms with Gasteiger partial charge in [0.2, 0.25) is 5.69 Å². The Hall–Kier alpha value is -4.64. The maximum atomic E-state index is 12.0. The molecule has 2 aliphatic rings. The van der Waals surface area contributed by atoms with E-state index in [1.165, 1.54) is 18.2 Å². The summed E-state index contributed by atoms with van der Waals surface area (Å²) in [6.45, 7) is 19.0. The van der Waals surface area contributed by atoms with Crippen molar-refractivity contribution < 1.29 is 99.6 Å². The van der Waals surface area contributed by atoms with Crippen molar-refractivity contribution in [2.45, 2.75) is 56.8 Å². The maximum Gasteiger partial charge on any atom is 0.334 e. The molecule has 2 unspecified atom stereocenters. The average molecular weight is 1230 g/mol. The van der Waals surface area contributed by atoms with Gasteiger partial charge in [-0.1, -0.05) is 42.5 Å². The van der Waals surface area contributed by atoms with Gasteiger partial charge in [-0.15, -0.1) is 0 Å². The number of para-hydroxylation sites is 2. The highest BCUT2D eigenvalue weighted by atomic mass is 16.7. The molecule has 2 aliphatic heterocycles. The molecule has 0 aliphatic carbocycles. The zero-order chi connectivity index (χ0) is 62.3. The minimum atomic E-state index is -0.610. The van der Waals surface area contributed by atoms with Crippen LogP contribution in [0.1, 0.15) is 57.1 Å². The van der Waals surface area contributed by atoms with Crippen molar-refractivity contribution in [3.8, 4) is 0 Å². The fourth-order valence-corrected chi connectivity index (χ4v) is 9.69. The van der Waals surface area contributed by atoms with Crippen LogP contribution in [0.4, 0.5) is 11.4 Å². The highest BCUT2D eigenvalue weighted by Gasteiger charge is 2.48.